The summed E-state index contributed by atoms with van der Waals surface area (Å²) in [6.45, 7) is 0.214. The number of aromatic nitrogens is 1. The van der Waals surface area contributed by atoms with E-state index in [1.54, 1.807) is 0 Å². The highest BCUT2D eigenvalue weighted by Gasteiger charge is 2.13. The molecular formula is C11H11N3O4S. The molecule has 7 nitrogen and oxygen atoms in total. The summed E-state index contributed by atoms with van der Waals surface area (Å²) in [6, 6.07) is 4.32. The van der Waals surface area contributed by atoms with Crippen LogP contribution >= 0.6 is 11.3 Å². The molecule has 0 radical (unpaired) electrons. The molecule has 0 atom stereocenters. The minimum atomic E-state index is -0.465. The van der Waals surface area contributed by atoms with Gasteiger partial charge in [0.1, 0.15) is 5.75 Å². The van der Waals surface area contributed by atoms with Crippen molar-refractivity contribution >= 4 is 22.2 Å². The van der Waals surface area contributed by atoms with Gasteiger partial charge in [0, 0.05) is 24.8 Å². The molecule has 0 amide bonds. The van der Waals surface area contributed by atoms with E-state index in [4.69, 9.17) is 15.2 Å². The van der Waals surface area contributed by atoms with Crippen molar-refractivity contribution in [1.29, 1.82) is 0 Å². The first-order chi connectivity index (χ1) is 9.10. The third-order valence-electron chi connectivity index (χ3n) is 2.27. The van der Waals surface area contributed by atoms with Crippen molar-refractivity contribution in [2.45, 2.75) is 6.61 Å². The van der Waals surface area contributed by atoms with Crippen LogP contribution < -0.4 is 10.5 Å². The lowest BCUT2D eigenvalue weighted by Gasteiger charge is -2.08. The number of rotatable bonds is 5. The highest BCUT2D eigenvalue weighted by atomic mass is 32.1. The summed E-state index contributed by atoms with van der Waals surface area (Å²) in [5.41, 5.74) is 6.08. The summed E-state index contributed by atoms with van der Waals surface area (Å²) in [4.78, 5) is 14.1. The van der Waals surface area contributed by atoms with Crippen molar-refractivity contribution in [1.82, 2.24) is 4.98 Å². The lowest BCUT2D eigenvalue weighted by atomic mass is 10.2. The Balaban J connectivity index is 2.30. The SMILES string of the molecule is COCc1cc([N+](=O)[O-])ccc1Oc1cnc(N)s1. The van der Waals surface area contributed by atoms with Crippen molar-refractivity contribution < 1.29 is 14.4 Å². The second kappa shape index (κ2) is 5.63. The van der Waals surface area contributed by atoms with E-state index in [9.17, 15) is 10.1 Å². The predicted octanol–water partition coefficient (Wildman–Crippen LogP) is 2.57. The Morgan fingerprint density at radius 3 is 2.89 bits per heavy atom. The molecule has 0 aliphatic rings. The Kier molecular flexibility index (Phi) is 3.93. The van der Waals surface area contributed by atoms with Crippen LogP contribution in [0.1, 0.15) is 5.56 Å². The molecule has 0 fully saturated rings. The van der Waals surface area contributed by atoms with Gasteiger partial charge in [-0.25, -0.2) is 4.98 Å². The van der Waals surface area contributed by atoms with Crippen LogP contribution in [0.3, 0.4) is 0 Å². The second-order valence-electron chi connectivity index (χ2n) is 3.60. The third kappa shape index (κ3) is 3.18. The Morgan fingerprint density at radius 1 is 1.53 bits per heavy atom. The number of methoxy groups -OCH3 is 1. The highest BCUT2D eigenvalue weighted by Crippen LogP contribution is 2.32. The summed E-state index contributed by atoms with van der Waals surface area (Å²) in [6.07, 6.45) is 1.50. The van der Waals surface area contributed by atoms with Gasteiger partial charge in [-0.1, -0.05) is 11.3 Å². The standard InChI is InChI=1S/C11H11N3O4S/c1-17-6-7-4-8(14(15)16)2-3-9(7)18-10-5-13-11(12)19-10/h2-5H,6H2,1H3,(H2,12,13). The lowest BCUT2D eigenvalue weighted by molar-refractivity contribution is -0.385. The summed E-state index contributed by atoms with van der Waals surface area (Å²) >= 11 is 1.19. The summed E-state index contributed by atoms with van der Waals surface area (Å²) < 4.78 is 10.6. The molecule has 0 aliphatic carbocycles. The van der Waals surface area contributed by atoms with E-state index in [2.05, 4.69) is 4.98 Å². The van der Waals surface area contributed by atoms with Crippen LogP contribution in [0.5, 0.6) is 10.8 Å². The average molecular weight is 281 g/mol. The van der Waals surface area contributed by atoms with E-state index < -0.39 is 4.92 Å². The van der Waals surface area contributed by atoms with Crippen molar-refractivity contribution in [2.75, 3.05) is 12.8 Å². The molecule has 8 heteroatoms. The van der Waals surface area contributed by atoms with Crippen LogP contribution in [0.25, 0.3) is 0 Å². The van der Waals surface area contributed by atoms with E-state index in [0.717, 1.165) is 0 Å². The Morgan fingerprint density at radius 2 is 2.32 bits per heavy atom. The fourth-order valence-electron chi connectivity index (χ4n) is 1.47. The maximum absolute atomic E-state index is 10.7. The first-order valence-corrected chi connectivity index (χ1v) is 6.07. The zero-order valence-corrected chi connectivity index (χ0v) is 10.8. The second-order valence-corrected chi connectivity index (χ2v) is 4.63. The molecule has 2 aromatic rings. The largest absolute Gasteiger partial charge is 0.445 e. The minimum Gasteiger partial charge on any atom is -0.445 e. The number of ether oxygens (including phenoxy) is 2. The van der Waals surface area contributed by atoms with Crippen molar-refractivity contribution in [3.05, 3.63) is 40.1 Å². The zero-order chi connectivity index (χ0) is 13.8. The fraction of sp³-hybridized carbons (Fsp3) is 0.182. The van der Waals surface area contributed by atoms with Crippen LogP contribution in [-0.4, -0.2) is 17.0 Å². The Bertz CT molecular complexity index is 599. The number of thiazole rings is 1. The molecular weight excluding hydrogens is 270 g/mol. The molecule has 1 aromatic carbocycles. The summed E-state index contributed by atoms with van der Waals surface area (Å²) in [5, 5.41) is 11.6. The van der Waals surface area contributed by atoms with Crippen molar-refractivity contribution in [3.8, 4) is 10.8 Å². The average Bonchev–Trinajstić information content (AvgIpc) is 2.77. The van der Waals surface area contributed by atoms with Crippen LogP contribution in [0.15, 0.2) is 24.4 Å². The van der Waals surface area contributed by atoms with Gasteiger partial charge in [-0.05, 0) is 6.07 Å². The number of nitrogen functional groups attached to an aromatic ring is 1. The van der Waals surface area contributed by atoms with Gasteiger partial charge in [0.25, 0.3) is 5.69 Å². The quantitative estimate of drug-likeness (QED) is 0.667. The summed E-state index contributed by atoms with van der Waals surface area (Å²) in [5.74, 6) is 0.483. The van der Waals surface area contributed by atoms with Gasteiger partial charge in [-0.15, -0.1) is 0 Å². The van der Waals surface area contributed by atoms with Crippen molar-refractivity contribution in [3.63, 3.8) is 0 Å². The van der Waals surface area contributed by atoms with E-state index in [-0.39, 0.29) is 12.3 Å². The molecule has 0 spiro atoms. The van der Waals surface area contributed by atoms with Crippen LogP contribution in [0.2, 0.25) is 0 Å². The molecule has 0 aliphatic heterocycles. The molecule has 1 heterocycles. The monoisotopic (exact) mass is 281 g/mol. The third-order valence-corrected chi connectivity index (χ3v) is 2.97. The number of nitro groups is 1. The van der Waals surface area contributed by atoms with E-state index >= 15 is 0 Å². The van der Waals surface area contributed by atoms with Gasteiger partial charge in [0.15, 0.2) is 5.13 Å². The summed E-state index contributed by atoms with van der Waals surface area (Å²) in [7, 11) is 1.51. The zero-order valence-electron chi connectivity index (χ0n) is 10.0. The molecule has 0 bridgehead atoms. The van der Waals surface area contributed by atoms with Gasteiger partial charge in [0.2, 0.25) is 5.06 Å². The molecule has 1 aromatic heterocycles. The number of hydrogen-bond acceptors (Lipinski definition) is 7. The fourth-order valence-corrected chi connectivity index (χ4v) is 2.02. The van der Waals surface area contributed by atoms with Gasteiger partial charge < -0.3 is 15.2 Å². The first-order valence-electron chi connectivity index (χ1n) is 5.25. The minimum absolute atomic E-state index is 0.0109. The number of nitro benzene ring substituents is 1. The topological polar surface area (TPSA) is 101 Å². The van der Waals surface area contributed by atoms with Crippen molar-refractivity contribution in [2.24, 2.45) is 0 Å². The molecule has 2 N–H and O–H groups in total. The van der Waals surface area contributed by atoms with Gasteiger partial charge in [0.05, 0.1) is 17.7 Å². The number of benzene rings is 1. The number of anilines is 1. The predicted molar refractivity (Wildman–Crippen MR) is 70.4 cm³/mol. The van der Waals surface area contributed by atoms with E-state index in [1.165, 1.54) is 42.8 Å². The molecule has 2 rings (SSSR count). The molecule has 0 saturated heterocycles. The normalized spacial score (nSPS) is 10.4. The molecule has 19 heavy (non-hydrogen) atoms. The number of hydrogen-bond donors (Lipinski definition) is 1. The van der Waals surface area contributed by atoms with Gasteiger partial charge in [-0.3, -0.25) is 10.1 Å². The Labute approximate surface area is 112 Å². The van der Waals surface area contributed by atoms with Gasteiger partial charge >= 0.3 is 0 Å². The number of nitrogens with zero attached hydrogens (tertiary/aromatic N) is 2. The smallest absolute Gasteiger partial charge is 0.270 e. The number of non-ortho nitro benzene ring substituents is 1. The highest BCUT2D eigenvalue weighted by molar-refractivity contribution is 7.17. The van der Waals surface area contributed by atoms with Crippen LogP contribution in [0, 0.1) is 10.1 Å². The first kappa shape index (κ1) is 13.2. The van der Waals surface area contributed by atoms with Gasteiger partial charge in [-0.2, -0.15) is 0 Å². The molecule has 0 saturated carbocycles. The maximum Gasteiger partial charge on any atom is 0.270 e. The van der Waals surface area contributed by atoms with E-state index in [0.29, 0.717) is 21.5 Å². The van der Waals surface area contributed by atoms with Crippen LogP contribution in [0.4, 0.5) is 10.8 Å². The number of nitrogens with two attached hydrogens (primary N) is 1. The molecule has 100 valence electrons. The molecule has 0 unspecified atom stereocenters. The van der Waals surface area contributed by atoms with Crippen LogP contribution in [-0.2, 0) is 11.3 Å². The lowest BCUT2D eigenvalue weighted by Crippen LogP contribution is -1.96. The van der Waals surface area contributed by atoms with E-state index in [1.807, 2.05) is 0 Å². The maximum atomic E-state index is 10.7. The Hall–Kier alpha value is -2.19.